The quantitative estimate of drug-likeness (QED) is 0.596. The zero-order valence-electron chi connectivity index (χ0n) is 12.7. The molecule has 0 saturated heterocycles. The first-order valence-corrected chi connectivity index (χ1v) is 9.36. The maximum Gasteiger partial charge on any atom is 0.302 e. The van der Waals surface area contributed by atoms with E-state index >= 15 is 0 Å². The Kier molecular flexibility index (Phi) is 5.81. The average Bonchev–Trinajstić information content (AvgIpc) is 2.48. The molecule has 1 aromatic rings. The van der Waals surface area contributed by atoms with E-state index in [4.69, 9.17) is 16.3 Å². The number of rotatable bonds is 5. The highest BCUT2D eigenvalue weighted by Gasteiger charge is 2.31. The smallest absolute Gasteiger partial charge is 0.302 e. The lowest BCUT2D eigenvalue weighted by atomic mass is 10.00. The number of carbonyl (C=O) groups excluding carboxylic acids is 1. The van der Waals surface area contributed by atoms with Crippen LogP contribution in [0.1, 0.15) is 31.7 Å². The minimum absolute atomic E-state index is 0.0175. The lowest BCUT2D eigenvalue weighted by Crippen LogP contribution is -2.29. The van der Waals surface area contributed by atoms with Crippen LogP contribution in [0.25, 0.3) is 0 Å². The Labute approximate surface area is 140 Å². The Morgan fingerprint density at radius 2 is 2.17 bits per heavy atom. The number of benzene rings is 1. The Morgan fingerprint density at radius 3 is 2.83 bits per heavy atom. The van der Waals surface area contributed by atoms with Crippen LogP contribution < -0.4 is 0 Å². The van der Waals surface area contributed by atoms with Gasteiger partial charge in [-0.1, -0.05) is 23.7 Å². The van der Waals surface area contributed by atoms with Crippen LogP contribution in [-0.4, -0.2) is 26.2 Å². The number of hydrogen-bond acceptors (Lipinski definition) is 4. The summed E-state index contributed by atoms with van der Waals surface area (Å²) in [4.78, 5) is 11.0. The van der Waals surface area contributed by atoms with E-state index in [0.29, 0.717) is 17.6 Å². The molecule has 0 radical (unpaired) electrons. The van der Waals surface area contributed by atoms with Gasteiger partial charge < -0.3 is 4.74 Å². The van der Waals surface area contributed by atoms with Gasteiger partial charge in [0.05, 0.1) is 11.0 Å². The first kappa shape index (κ1) is 17.9. The molecule has 1 atom stereocenters. The van der Waals surface area contributed by atoms with Gasteiger partial charge in [0.1, 0.15) is 12.4 Å². The SMILES string of the molecule is CC(=O)OCC1=CCCCC1S(=O)(=O)Cc1ccc(F)cc1Cl. The summed E-state index contributed by atoms with van der Waals surface area (Å²) >= 11 is 5.93. The molecule has 1 aliphatic carbocycles. The molecule has 1 unspecified atom stereocenters. The molecule has 0 aliphatic heterocycles. The summed E-state index contributed by atoms with van der Waals surface area (Å²) in [5, 5.41) is -0.605. The van der Waals surface area contributed by atoms with Crippen molar-refractivity contribution < 1.29 is 22.3 Å². The number of allylic oxidation sites excluding steroid dienone is 1. The first-order chi connectivity index (χ1) is 10.8. The summed E-state index contributed by atoms with van der Waals surface area (Å²) in [6, 6.07) is 3.67. The molecule has 7 heteroatoms. The highest BCUT2D eigenvalue weighted by molar-refractivity contribution is 7.91. The Bertz CT molecular complexity index is 728. The normalized spacial score (nSPS) is 18.4. The van der Waals surface area contributed by atoms with Crippen molar-refractivity contribution in [3.63, 3.8) is 0 Å². The Morgan fingerprint density at radius 1 is 1.43 bits per heavy atom. The second-order valence-electron chi connectivity index (χ2n) is 5.52. The van der Waals surface area contributed by atoms with Gasteiger partial charge in [-0.05, 0) is 42.5 Å². The lowest BCUT2D eigenvalue weighted by molar-refractivity contribution is -0.140. The zero-order chi connectivity index (χ0) is 17.0. The van der Waals surface area contributed by atoms with Crippen LogP contribution in [0.2, 0.25) is 5.02 Å². The van der Waals surface area contributed by atoms with E-state index < -0.39 is 26.9 Å². The summed E-state index contributed by atoms with van der Waals surface area (Å²) < 4.78 is 43.5. The zero-order valence-corrected chi connectivity index (χ0v) is 14.3. The molecule has 0 aromatic heterocycles. The Balaban J connectivity index is 2.21. The van der Waals surface area contributed by atoms with Gasteiger partial charge in [-0.25, -0.2) is 12.8 Å². The van der Waals surface area contributed by atoms with Crippen LogP contribution >= 0.6 is 11.6 Å². The van der Waals surface area contributed by atoms with Crippen molar-refractivity contribution in [1.82, 2.24) is 0 Å². The van der Waals surface area contributed by atoms with E-state index in [1.54, 1.807) is 0 Å². The lowest BCUT2D eigenvalue weighted by Gasteiger charge is -2.24. The van der Waals surface area contributed by atoms with Crippen molar-refractivity contribution in [2.24, 2.45) is 0 Å². The highest BCUT2D eigenvalue weighted by Crippen LogP contribution is 2.29. The van der Waals surface area contributed by atoms with Gasteiger partial charge in [0.25, 0.3) is 0 Å². The third-order valence-corrected chi connectivity index (χ3v) is 6.21. The highest BCUT2D eigenvalue weighted by atomic mass is 35.5. The molecule has 0 heterocycles. The van der Waals surface area contributed by atoms with Gasteiger partial charge >= 0.3 is 5.97 Å². The second kappa shape index (κ2) is 7.45. The predicted molar refractivity (Wildman–Crippen MR) is 86.4 cm³/mol. The summed E-state index contributed by atoms with van der Waals surface area (Å²) in [6.07, 6.45) is 3.82. The van der Waals surface area contributed by atoms with Crippen molar-refractivity contribution >= 4 is 27.4 Å². The predicted octanol–water partition coefficient (Wildman–Crippen LogP) is 3.44. The summed E-state index contributed by atoms with van der Waals surface area (Å²) in [6.45, 7) is 1.27. The van der Waals surface area contributed by atoms with Crippen molar-refractivity contribution in [3.8, 4) is 0 Å². The molecule has 126 valence electrons. The monoisotopic (exact) mass is 360 g/mol. The number of esters is 1. The summed E-state index contributed by atoms with van der Waals surface area (Å²) in [5.74, 6) is -1.23. The van der Waals surface area contributed by atoms with Crippen molar-refractivity contribution in [3.05, 3.63) is 46.3 Å². The topological polar surface area (TPSA) is 60.4 Å². The third-order valence-electron chi connectivity index (χ3n) is 3.74. The molecular weight excluding hydrogens is 343 g/mol. The van der Waals surface area contributed by atoms with Crippen molar-refractivity contribution in [2.45, 2.75) is 37.2 Å². The average molecular weight is 361 g/mol. The first-order valence-electron chi connectivity index (χ1n) is 7.27. The minimum Gasteiger partial charge on any atom is -0.461 e. The van der Waals surface area contributed by atoms with E-state index in [2.05, 4.69) is 0 Å². The fourth-order valence-corrected chi connectivity index (χ4v) is 4.96. The van der Waals surface area contributed by atoms with Crippen LogP contribution in [0.3, 0.4) is 0 Å². The van der Waals surface area contributed by atoms with Crippen LogP contribution in [0.15, 0.2) is 29.8 Å². The molecule has 0 N–H and O–H groups in total. The molecule has 1 aromatic carbocycles. The standard InChI is InChI=1S/C16H18ClFO4S/c1-11(19)22-9-12-4-2-3-5-16(12)23(20,21)10-13-6-7-14(18)8-15(13)17/h4,6-8,16H,2-3,5,9-10H2,1H3. The molecule has 0 saturated carbocycles. The second-order valence-corrected chi connectivity index (χ2v) is 8.11. The van der Waals surface area contributed by atoms with Gasteiger partial charge in [0.15, 0.2) is 9.84 Å². The van der Waals surface area contributed by atoms with Gasteiger partial charge in [0, 0.05) is 11.9 Å². The van der Waals surface area contributed by atoms with Crippen LogP contribution in [0, 0.1) is 5.82 Å². The van der Waals surface area contributed by atoms with Gasteiger partial charge in [-0.2, -0.15) is 0 Å². The molecule has 4 nitrogen and oxygen atoms in total. The largest absolute Gasteiger partial charge is 0.461 e. The number of carbonyl (C=O) groups is 1. The van der Waals surface area contributed by atoms with Gasteiger partial charge in [-0.15, -0.1) is 0 Å². The molecule has 23 heavy (non-hydrogen) atoms. The van der Waals surface area contributed by atoms with Gasteiger partial charge in [-0.3, -0.25) is 4.79 Å². The van der Waals surface area contributed by atoms with E-state index in [-0.39, 0.29) is 17.4 Å². The third kappa shape index (κ3) is 4.78. The number of hydrogen-bond donors (Lipinski definition) is 0. The van der Waals surface area contributed by atoms with E-state index in [0.717, 1.165) is 18.9 Å². The fraction of sp³-hybridized carbons (Fsp3) is 0.438. The number of halogens is 2. The molecule has 0 bridgehead atoms. The molecule has 0 amide bonds. The molecule has 0 fully saturated rings. The van der Waals surface area contributed by atoms with E-state index in [1.165, 1.54) is 19.1 Å². The maximum absolute atomic E-state index is 13.1. The summed E-state index contributed by atoms with van der Waals surface area (Å²) in [7, 11) is -3.54. The molecule has 0 spiro atoms. The number of sulfone groups is 1. The Hall–Kier alpha value is -1.40. The van der Waals surface area contributed by atoms with Crippen molar-refractivity contribution in [1.29, 1.82) is 0 Å². The van der Waals surface area contributed by atoms with Crippen LogP contribution in [0.5, 0.6) is 0 Å². The fourth-order valence-electron chi connectivity index (χ4n) is 2.61. The molecule has 1 aliphatic rings. The van der Waals surface area contributed by atoms with Crippen LogP contribution in [0.4, 0.5) is 4.39 Å². The molecule has 2 rings (SSSR count). The van der Waals surface area contributed by atoms with Crippen molar-refractivity contribution in [2.75, 3.05) is 6.61 Å². The number of ether oxygens (including phenoxy) is 1. The molecular formula is C16H18ClFO4S. The van der Waals surface area contributed by atoms with E-state index in [1.807, 2.05) is 6.08 Å². The summed E-state index contributed by atoms with van der Waals surface area (Å²) in [5.41, 5.74) is 0.968. The minimum atomic E-state index is -3.54. The van der Waals surface area contributed by atoms with E-state index in [9.17, 15) is 17.6 Å². The maximum atomic E-state index is 13.1. The van der Waals surface area contributed by atoms with Gasteiger partial charge in [0.2, 0.25) is 0 Å². The van der Waals surface area contributed by atoms with Crippen LogP contribution in [-0.2, 0) is 25.1 Å².